The highest BCUT2D eigenvalue weighted by Crippen LogP contribution is 2.36. The molecular weight excluding hydrogens is 285 g/mol. The Bertz CT molecular complexity index is 617. The summed E-state index contributed by atoms with van der Waals surface area (Å²) in [5.74, 6) is 0.656. The molecule has 7 heteroatoms. The maximum Gasteiger partial charge on any atom is 0.225 e. The number of ether oxygens (including phenoxy) is 1. The van der Waals surface area contributed by atoms with Crippen molar-refractivity contribution in [1.29, 1.82) is 0 Å². The predicted molar refractivity (Wildman–Crippen MR) is 77.8 cm³/mol. The lowest BCUT2D eigenvalue weighted by molar-refractivity contribution is -0.00612. The first kappa shape index (κ1) is 13.6. The molecule has 1 saturated heterocycles. The van der Waals surface area contributed by atoms with Gasteiger partial charge in [-0.3, -0.25) is 0 Å². The molecule has 22 heavy (non-hydrogen) atoms. The third-order valence-electron chi connectivity index (χ3n) is 4.59. The van der Waals surface area contributed by atoms with Gasteiger partial charge in [0.05, 0.1) is 37.5 Å². The minimum atomic E-state index is -0.405. The third kappa shape index (κ3) is 2.45. The van der Waals surface area contributed by atoms with E-state index in [0.717, 1.165) is 25.9 Å². The standard InChI is InChI=1S/C15H18FN5O/c16-12-7-18-15(19-8-12)21-5-6-22-14-11(1-2-13(14)21)9-20-4-3-17-10-20/h3-4,7-8,10-11,13-14H,1-2,5-6,9H2. The van der Waals surface area contributed by atoms with Crippen LogP contribution in [0.4, 0.5) is 10.3 Å². The van der Waals surface area contributed by atoms with Crippen LogP contribution in [0.1, 0.15) is 12.8 Å². The summed E-state index contributed by atoms with van der Waals surface area (Å²) in [5.41, 5.74) is 0. The van der Waals surface area contributed by atoms with Crippen LogP contribution >= 0.6 is 0 Å². The molecule has 3 unspecified atom stereocenters. The number of anilines is 1. The fourth-order valence-electron chi connectivity index (χ4n) is 3.62. The number of rotatable bonds is 3. The van der Waals surface area contributed by atoms with E-state index in [1.54, 1.807) is 6.20 Å². The summed E-state index contributed by atoms with van der Waals surface area (Å²) in [6, 6.07) is 0.271. The molecule has 1 aliphatic heterocycles. The molecule has 2 aromatic heterocycles. The predicted octanol–water partition coefficient (Wildman–Crippen LogP) is 1.50. The Morgan fingerprint density at radius 3 is 2.91 bits per heavy atom. The van der Waals surface area contributed by atoms with Gasteiger partial charge in [0.1, 0.15) is 0 Å². The van der Waals surface area contributed by atoms with E-state index in [4.69, 9.17) is 4.74 Å². The van der Waals surface area contributed by atoms with Crippen LogP contribution in [0.15, 0.2) is 31.1 Å². The van der Waals surface area contributed by atoms with Crippen molar-refractivity contribution in [3.8, 4) is 0 Å². The van der Waals surface area contributed by atoms with E-state index in [-0.39, 0.29) is 12.1 Å². The number of aromatic nitrogens is 4. The highest BCUT2D eigenvalue weighted by molar-refractivity contribution is 5.33. The maximum atomic E-state index is 13.0. The van der Waals surface area contributed by atoms with E-state index in [2.05, 4.69) is 24.4 Å². The number of halogens is 1. The second-order valence-electron chi connectivity index (χ2n) is 5.89. The molecule has 3 atom stereocenters. The van der Waals surface area contributed by atoms with Gasteiger partial charge in [-0.15, -0.1) is 0 Å². The quantitative estimate of drug-likeness (QED) is 0.860. The van der Waals surface area contributed by atoms with Gasteiger partial charge in [-0.25, -0.2) is 19.3 Å². The van der Waals surface area contributed by atoms with Crippen molar-refractivity contribution in [2.75, 3.05) is 18.1 Å². The van der Waals surface area contributed by atoms with Crippen LogP contribution in [0.2, 0.25) is 0 Å². The molecule has 0 amide bonds. The van der Waals surface area contributed by atoms with Gasteiger partial charge >= 0.3 is 0 Å². The number of fused-ring (bicyclic) bond motifs is 1. The molecule has 2 fully saturated rings. The van der Waals surface area contributed by atoms with Crippen LogP contribution in [-0.2, 0) is 11.3 Å². The molecule has 0 aromatic carbocycles. The maximum absolute atomic E-state index is 13.0. The second kappa shape index (κ2) is 5.64. The molecule has 0 bridgehead atoms. The smallest absolute Gasteiger partial charge is 0.225 e. The topological polar surface area (TPSA) is 56.1 Å². The van der Waals surface area contributed by atoms with E-state index >= 15 is 0 Å². The summed E-state index contributed by atoms with van der Waals surface area (Å²) in [5, 5.41) is 0. The fraction of sp³-hybridized carbons (Fsp3) is 0.533. The molecule has 4 rings (SSSR count). The zero-order valence-corrected chi connectivity index (χ0v) is 12.2. The van der Waals surface area contributed by atoms with Crippen molar-refractivity contribution < 1.29 is 9.13 Å². The van der Waals surface area contributed by atoms with E-state index < -0.39 is 5.82 Å². The lowest BCUT2D eigenvalue weighted by Gasteiger charge is -2.39. The average molecular weight is 303 g/mol. The molecule has 0 N–H and O–H groups in total. The molecule has 0 spiro atoms. The minimum absolute atomic E-state index is 0.171. The summed E-state index contributed by atoms with van der Waals surface area (Å²) in [7, 11) is 0. The van der Waals surface area contributed by atoms with E-state index in [1.807, 2.05) is 12.5 Å². The molecule has 2 aliphatic rings. The van der Waals surface area contributed by atoms with Gasteiger partial charge in [0.2, 0.25) is 5.95 Å². The Hall–Kier alpha value is -2.02. The Balaban J connectivity index is 1.52. The first-order valence-electron chi connectivity index (χ1n) is 7.63. The lowest BCUT2D eigenvalue weighted by atomic mass is 10.0. The average Bonchev–Trinajstić information content (AvgIpc) is 3.19. The number of nitrogens with zero attached hydrogens (tertiary/aromatic N) is 5. The van der Waals surface area contributed by atoms with Gasteiger partial charge in [0.25, 0.3) is 0 Å². The lowest BCUT2D eigenvalue weighted by Crippen LogP contribution is -2.51. The van der Waals surface area contributed by atoms with Crippen LogP contribution in [-0.4, -0.2) is 44.8 Å². The van der Waals surface area contributed by atoms with Gasteiger partial charge in [0, 0.05) is 31.4 Å². The number of hydrogen-bond acceptors (Lipinski definition) is 5. The summed E-state index contributed by atoms with van der Waals surface area (Å²) >= 11 is 0. The molecule has 116 valence electrons. The Kier molecular flexibility index (Phi) is 3.49. The fourth-order valence-corrected chi connectivity index (χ4v) is 3.62. The third-order valence-corrected chi connectivity index (χ3v) is 4.59. The zero-order valence-electron chi connectivity index (χ0n) is 12.2. The summed E-state index contributed by atoms with van der Waals surface area (Å²) in [4.78, 5) is 14.5. The number of morpholine rings is 1. The van der Waals surface area contributed by atoms with Crippen LogP contribution < -0.4 is 4.90 Å². The first-order valence-corrected chi connectivity index (χ1v) is 7.63. The van der Waals surface area contributed by atoms with Crippen molar-refractivity contribution in [3.63, 3.8) is 0 Å². The summed E-state index contributed by atoms with van der Waals surface area (Å²) in [6.45, 7) is 2.33. The second-order valence-corrected chi connectivity index (χ2v) is 5.89. The van der Waals surface area contributed by atoms with Crippen LogP contribution in [0.5, 0.6) is 0 Å². The van der Waals surface area contributed by atoms with Crippen LogP contribution in [0.25, 0.3) is 0 Å². The monoisotopic (exact) mass is 303 g/mol. The molecule has 0 radical (unpaired) electrons. The Morgan fingerprint density at radius 1 is 1.27 bits per heavy atom. The largest absolute Gasteiger partial charge is 0.374 e. The molecule has 6 nitrogen and oxygen atoms in total. The van der Waals surface area contributed by atoms with Gasteiger partial charge in [0.15, 0.2) is 5.82 Å². The summed E-state index contributed by atoms with van der Waals surface area (Å²) < 4.78 is 21.2. The van der Waals surface area contributed by atoms with Crippen molar-refractivity contribution in [1.82, 2.24) is 19.5 Å². The molecule has 2 aromatic rings. The molecular formula is C15H18FN5O. The Morgan fingerprint density at radius 2 is 2.14 bits per heavy atom. The van der Waals surface area contributed by atoms with Gasteiger partial charge in [-0.1, -0.05) is 0 Å². The van der Waals surface area contributed by atoms with Gasteiger partial charge in [-0.05, 0) is 12.8 Å². The zero-order chi connectivity index (χ0) is 14.9. The van der Waals surface area contributed by atoms with Crippen molar-refractivity contribution in [2.45, 2.75) is 31.5 Å². The number of hydrogen-bond donors (Lipinski definition) is 0. The minimum Gasteiger partial charge on any atom is -0.374 e. The van der Waals surface area contributed by atoms with E-state index in [1.165, 1.54) is 12.4 Å². The highest BCUT2D eigenvalue weighted by Gasteiger charge is 2.43. The first-order chi connectivity index (χ1) is 10.8. The van der Waals surface area contributed by atoms with Crippen molar-refractivity contribution in [2.24, 2.45) is 5.92 Å². The van der Waals surface area contributed by atoms with E-state index in [9.17, 15) is 4.39 Å². The van der Waals surface area contributed by atoms with E-state index in [0.29, 0.717) is 18.5 Å². The molecule has 1 saturated carbocycles. The number of imidazole rings is 1. The summed E-state index contributed by atoms with van der Waals surface area (Å²) in [6.07, 6.45) is 10.4. The highest BCUT2D eigenvalue weighted by atomic mass is 19.1. The molecule has 1 aliphatic carbocycles. The normalized spacial score (nSPS) is 27.9. The van der Waals surface area contributed by atoms with Crippen molar-refractivity contribution in [3.05, 3.63) is 36.9 Å². The van der Waals surface area contributed by atoms with Crippen LogP contribution in [0, 0.1) is 11.7 Å². The van der Waals surface area contributed by atoms with Crippen LogP contribution in [0.3, 0.4) is 0 Å². The van der Waals surface area contributed by atoms with Gasteiger partial charge in [-0.2, -0.15) is 0 Å². The Labute approximate surface area is 128 Å². The molecule has 3 heterocycles. The van der Waals surface area contributed by atoms with Crippen molar-refractivity contribution >= 4 is 5.95 Å². The van der Waals surface area contributed by atoms with Gasteiger partial charge < -0.3 is 14.2 Å². The SMILES string of the molecule is Fc1cnc(N2CCOC3C(Cn4ccnc4)CCC32)nc1.